The molecule has 1 aliphatic rings. The van der Waals surface area contributed by atoms with Crippen molar-refractivity contribution in [2.75, 3.05) is 19.8 Å². The molecule has 4 rings (SSSR count). The highest BCUT2D eigenvalue weighted by Gasteiger charge is 2.17. The minimum Gasteiger partial charge on any atom is -0.486 e. The molecule has 1 aromatic carbocycles. The molecule has 0 radical (unpaired) electrons. The Morgan fingerprint density at radius 1 is 1.04 bits per heavy atom. The van der Waals surface area contributed by atoms with E-state index in [-0.39, 0.29) is 24.8 Å². The molecule has 7 heteroatoms. The third-order valence-corrected chi connectivity index (χ3v) is 3.80. The smallest absolute Gasteiger partial charge is 0.162 e. The van der Waals surface area contributed by atoms with Gasteiger partial charge in [-0.1, -0.05) is 6.07 Å². The third-order valence-electron chi connectivity index (χ3n) is 3.80. The van der Waals surface area contributed by atoms with Crippen molar-refractivity contribution in [3.63, 3.8) is 0 Å². The first-order valence-corrected chi connectivity index (χ1v) is 7.43. The minimum atomic E-state index is 0. The molecule has 0 aliphatic carbocycles. The molecule has 0 spiro atoms. The molecule has 3 aromatic rings. The van der Waals surface area contributed by atoms with Crippen LogP contribution in [0.5, 0.6) is 11.5 Å². The van der Waals surface area contributed by atoms with Gasteiger partial charge >= 0.3 is 0 Å². The summed E-state index contributed by atoms with van der Waals surface area (Å²) < 4.78 is 13.4. The van der Waals surface area contributed by atoms with Crippen molar-refractivity contribution >= 4 is 30.5 Å². The number of benzene rings is 1. The molecule has 0 saturated carbocycles. The van der Waals surface area contributed by atoms with Crippen LogP contribution in [0, 0.1) is 0 Å². The van der Waals surface area contributed by atoms with Crippen LogP contribution in [0.3, 0.4) is 0 Å². The highest BCUT2D eigenvalue weighted by Crippen LogP contribution is 2.35. The first-order valence-electron chi connectivity index (χ1n) is 7.43. The summed E-state index contributed by atoms with van der Waals surface area (Å²) in [4.78, 5) is 4.70. The first kappa shape index (κ1) is 18.4. The summed E-state index contributed by atoms with van der Waals surface area (Å²) in [5.74, 6) is 1.58. The second-order valence-electron chi connectivity index (χ2n) is 5.23. The quantitative estimate of drug-likeness (QED) is 0.772. The van der Waals surface area contributed by atoms with Gasteiger partial charge in [0.05, 0.1) is 11.4 Å². The number of pyridine rings is 1. The maximum Gasteiger partial charge on any atom is 0.162 e. The van der Waals surface area contributed by atoms with Gasteiger partial charge in [-0.15, -0.1) is 24.8 Å². The Morgan fingerprint density at radius 3 is 2.62 bits per heavy atom. The van der Waals surface area contributed by atoms with Crippen LogP contribution in [-0.4, -0.2) is 29.1 Å². The van der Waals surface area contributed by atoms with Crippen LogP contribution in [-0.2, 0) is 6.42 Å². The maximum atomic E-state index is 5.75. The number of rotatable bonds is 3. The van der Waals surface area contributed by atoms with E-state index in [9.17, 15) is 0 Å². The lowest BCUT2D eigenvalue weighted by molar-refractivity contribution is 0.171. The molecule has 3 heterocycles. The summed E-state index contributed by atoms with van der Waals surface area (Å²) >= 11 is 0. The molecule has 0 bridgehead atoms. The lowest BCUT2D eigenvalue weighted by atomic mass is 10.1. The fourth-order valence-corrected chi connectivity index (χ4v) is 2.85. The molecular weight excluding hydrogens is 349 g/mol. The van der Waals surface area contributed by atoms with E-state index in [1.807, 2.05) is 42.6 Å². The predicted octanol–water partition coefficient (Wildman–Crippen LogP) is 3.12. The van der Waals surface area contributed by atoms with Crippen molar-refractivity contribution in [3.05, 3.63) is 48.3 Å². The van der Waals surface area contributed by atoms with Crippen molar-refractivity contribution in [3.8, 4) is 22.8 Å². The van der Waals surface area contributed by atoms with Crippen molar-refractivity contribution in [2.24, 2.45) is 5.73 Å². The van der Waals surface area contributed by atoms with Gasteiger partial charge in [-0.25, -0.2) is 4.98 Å². The molecule has 5 nitrogen and oxygen atoms in total. The van der Waals surface area contributed by atoms with Crippen LogP contribution in [0.1, 0.15) is 5.69 Å². The molecule has 2 N–H and O–H groups in total. The second-order valence-corrected chi connectivity index (χ2v) is 5.23. The average molecular weight is 368 g/mol. The van der Waals surface area contributed by atoms with E-state index in [2.05, 4.69) is 4.40 Å². The highest BCUT2D eigenvalue weighted by atomic mass is 35.5. The highest BCUT2D eigenvalue weighted by molar-refractivity contribution is 5.85. The number of hydrogen-bond donors (Lipinski definition) is 1. The zero-order chi connectivity index (χ0) is 14.9. The Labute approximate surface area is 152 Å². The van der Waals surface area contributed by atoms with Crippen LogP contribution >= 0.6 is 24.8 Å². The van der Waals surface area contributed by atoms with Crippen molar-refractivity contribution in [1.82, 2.24) is 9.38 Å². The Balaban J connectivity index is 0.00000104. The first-order chi connectivity index (χ1) is 10.9. The number of fused-ring (bicyclic) bond motifs is 2. The lowest BCUT2D eigenvalue weighted by Crippen LogP contribution is -2.15. The van der Waals surface area contributed by atoms with Gasteiger partial charge in [0.2, 0.25) is 0 Å². The summed E-state index contributed by atoms with van der Waals surface area (Å²) in [7, 11) is 0. The zero-order valence-corrected chi connectivity index (χ0v) is 14.6. The van der Waals surface area contributed by atoms with E-state index < -0.39 is 0 Å². The monoisotopic (exact) mass is 367 g/mol. The molecule has 0 saturated heterocycles. The molecule has 24 heavy (non-hydrogen) atoms. The maximum absolute atomic E-state index is 5.75. The van der Waals surface area contributed by atoms with Gasteiger partial charge in [0, 0.05) is 18.2 Å². The van der Waals surface area contributed by atoms with Gasteiger partial charge in [0.25, 0.3) is 0 Å². The van der Waals surface area contributed by atoms with Crippen LogP contribution in [0.25, 0.3) is 16.9 Å². The Bertz CT molecular complexity index is 836. The summed E-state index contributed by atoms with van der Waals surface area (Å²) in [5.41, 5.74) is 9.81. The molecule has 0 fully saturated rings. The molecular formula is C17H19Cl2N3O2. The molecule has 0 atom stereocenters. The second kappa shape index (κ2) is 7.75. The Morgan fingerprint density at radius 2 is 1.83 bits per heavy atom. The van der Waals surface area contributed by atoms with E-state index in [4.69, 9.17) is 20.2 Å². The van der Waals surface area contributed by atoms with Gasteiger partial charge in [-0.2, -0.15) is 0 Å². The van der Waals surface area contributed by atoms with Crippen LogP contribution in [0.15, 0.2) is 42.6 Å². The zero-order valence-electron chi connectivity index (χ0n) is 13.0. The van der Waals surface area contributed by atoms with Crippen molar-refractivity contribution in [2.45, 2.75) is 6.42 Å². The molecule has 1 aliphatic heterocycles. The van der Waals surface area contributed by atoms with E-state index in [1.54, 1.807) is 0 Å². The summed E-state index contributed by atoms with van der Waals surface area (Å²) in [6, 6.07) is 12.0. The standard InChI is InChI=1S/C17H17N3O2.2ClH/c18-7-6-13-17(20-8-2-1-3-16(20)19-13)12-4-5-14-15(11-12)22-10-9-21-14;;/h1-5,8,11H,6-7,9-10,18H2;2*1H. The number of nitrogens with zero attached hydrogens (tertiary/aromatic N) is 2. The van der Waals surface area contributed by atoms with Crippen LogP contribution < -0.4 is 15.2 Å². The Hall–Kier alpha value is -1.95. The summed E-state index contributed by atoms with van der Waals surface area (Å²) in [5, 5.41) is 0. The third kappa shape index (κ3) is 3.15. The SMILES string of the molecule is Cl.Cl.NCCc1nc2ccccn2c1-c1ccc2c(c1)OCCO2. The number of aromatic nitrogens is 2. The van der Waals surface area contributed by atoms with Crippen molar-refractivity contribution < 1.29 is 9.47 Å². The van der Waals surface area contributed by atoms with Gasteiger partial charge in [0.15, 0.2) is 11.5 Å². The molecule has 128 valence electrons. The van der Waals surface area contributed by atoms with E-state index in [1.165, 1.54) is 0 Å². The number of ether oxygens (including phenoxy) is 2. The molecule has 0 unspecified atom stereocenters. The largest absolute Gasteiger partial charge is 0.486 e. The van der Waals surface area contributed by atoms with Crippen molar-refractivity contribution in [1.29, 1.82) is 0 Å². The lowest BCUT2D eigenvalue weighted by Gasteiger charge is -2.19. The molecule has 0 amide bonds. The van der Waals surface area contributed by atoms with E-state index in [0.29, 0.717) is 19.8 Å². The fraction of sp³-hybridized carbons (Fsp3) is 0.235. The van der Waals surface area contributed by atoms with Gasteiger partial charge in [-0.05, 0) is 36.9 Å². The number of halogens is 2. The van der Waals surface area contributed by atoms with Gasteiger partial charge in [-0.3, -0.25) is 4.40 Å². The fourth-order valence-electron chi connectivity index (χ4n) is 2.85. The topological polar surface area (TPSA) is 61.8 Å². The van der Waals surface area contributed by atoms with Crippen LogP contribution in [0.2, 0.25) is 0 Å². The van der Waals surface area contributed by atoms with E-state index >= 15 is 0 Å². The summed E-state index contributed by atoms with van der Waals surface area (Å²) in [6.07, 6.45) is 2.76. The van der Waals surface area contributed by atoms with Gasteiger partial charge in [0.1, 0.15) is 18.9 Å². The number of hydrogen-bond acceptors (Lipinski definition) is 4. The minimum absolute atomic E-state index is 0. The van der Waals surface area contributed by atoms with Crippen LogP contribution in [0.4, 0.5) is 0 Å². The van der Waals surface area contributed by atoms with E-state index in [0.717, 1.165) is 40.5 Å². The normalized spacial score (nSPS) is 12.4. The number of imidazole rings is 1. The van der Waals surface area contributed by atoms with Gasteiger partial charge < -0.3 is 15.2 Å². The predicted molar refractivity (Wildman–Crippen MR) is 98.9 cm³/mol. The Kier molecular flexibility index (Phi) is 5.94. The number of nitrogens with two attached hydrogens (primary N) is 1. The molecule has 2 aromatic heterocycles. The average Bonchev–Trinajstić information content (AvgIpc) is 2.93. The summed E-state index contributed by atoms with van der Waals surface area (Å²) in [6.45, 7) is 1.75.